The Kier molecular flexibility index (Phi) is 1.30. The van der Waals surface area contributed by atoms with Gasteiger partial charge in [0, 0.05) is 11.8 Å². The highest BCUT2D eigenvalue weighted by atomic mass is 19.4. The van der Waals surface area contributed by atoms with Gasteiger partial charge in [0.05, 0.1) is 12.3 Å². The lowest BCUT2D eigenvalue weighted by Crippen LogP contribution is -2.12. The topological polar surface area (TPSA) is 37.9 Å². The molecule has 6 heteroatoms. The van der Waals surface area contributed by atoms with Crippen LogP contribution in [0.1, 0.15) is 23.7 Å². The lowest BCUT2D eigenvalue weighted by molar-refractivity contribution is -0.142. The summed E-state index contributed by atoms with van der Waals surface area (Å²) in [4.78, 5) is 0. The lowest BCUT2D eigenvalue weighted by atomic mass is 10.1. The molecule has 1 aliphatic carbocycles. The van der Waals surface area contributed by atoms with Crippen molar-refractivity contribution in [3.8, 4) is 5.75 Å². The summed E-state index contributed by atoms with van der Waals surface area (Å²) in [6, 6.07) is 0. The van der Waals surface area contributed by atoms with Crippen LogP contribution < -0.4 is 4.74 Å². The van der Waals surface area contributed by atoms with Gasteiger partial charge < -0.3 is 4.74 Å². The van der Waals surface area contributed by atoms with E-state index in [2.05, 4.69) is 10.2 Å². The molecule has 0 saturated heterocycles. The van der Waals surface area contributed by atoms with Crippen LogP contribution in [-0.4, -0.2) is 16.8 Å². The van der Waals surface area contributed by atoms with Gasteiger partial charge in [0.2, 0.25) is 5.69 Å². The fourth-order valence-corrected chi connectivity index (χ4v) is 1.91. The predicted molar refractivity (Wildman–Crippen MR) is 39.9 cm³/mol. The minimum Gasteiger partial charge on any atom is -0.489 e. The van der Waals surface area contributed by atoms with Crippen molar-refractivity contribution in [1.82, 2.24) is 10.2 Å². The molecule has 76 valence electrons. The number of hydrogen-bond donors (Lipinski definition) is 1. The van der Waals surface area contributed by atoms with E-state index in [1.165, 1.54) is 0 Å². The molecular formula is C8H7F3N2O. The number of ether oxygens (including phenoxy) is 1. The van der Waals surface area contributed by atoms with E-state index in [4.69, 9.17) is 4.74 Å². The minimum atomic E-state index is -4.42. The third-order valence-corrected chi connectivity index (χ3v) is 2.75. The summed E-state index contributed by atoms with van der Waals surface area (Å²) < 4.78 is 42.2. The maximum Gasteiger partial charge on any atom is 0.438 e. The molecule has 14 heavy (non-hydrogen) atoms. The zero-order valence-corrected chi connectivity index (χ0v) is 7.06. The van der Waals surface area contributed by atoms with E-state index in [0.717, 1.165) is 6.42 Å². The van der Waals surface area contributed by atoms with Crippen molar-refractivity contribution in [3.63, 3.8) is 0 Å². The Labute approximate surface area is 77.3 Å². The highest BCUT2D eigenvalue weighted by Crippen LogP contribution is 2.55. The Morgan fingerprint density at radius 1 is 1.43 bits per heavy atom. The maximum absolute atomic E-state index is 12.4. The van der Waals surface area contributed by atoms with Gasteiger partial charge in [0.25, 0.3) is 0 Å². The number of rotatable bonds is 0. The third kappa shape index (κ3) is 0.964. The normalized spacial score (nSPS) is 29.1. The predicted octanol–water partition coefficient (Wildman–Crippen LogP) is 1.92. The zero-order chi connectivity index (χ0) is 9.92. The first kappa shape index (κ1) is 8.14. The highest BCUT2D eigenvalue weighted by Gasteiger charge is 2.49. The van der Waals surface area contributed by atoms with Crippen molar-refractivity contribution in [3.05, 3.63) is 11.4 Å². The first-order chi connectivity index (χ1) is 6.57. The van der Waals surface area contributed by atoms with Crippen LogP contribution in [0.4, 0.5) is 13.2 Å². The SMILES string of the molecule is FC(F)(F)c1n[nH]c2c1OC[C@H]1C[C@@H]21. The molecule has 1 aromatic rings. The average molecular weight is 204 g/mol. The third-order valence-electron chi connectivity index (χ3n) is 2.75. The molecule has 3 nitrogen and oxygen atoms in total. The molecule has 0 amide bonds. The summed E-state index contributed by atoms with van der Waals surface area (Å²) in [6.45, 7) is 0.389. The van der Waals surface area contributed by atoms with E-state index < -0.39 is 11.9 Å². The van der Waals surface area contributed by atoms with Crippen molar-refractivity contribution in [2.24, 2.45) is 5.92 Å². The molecule has 2 heterocycles. The van der Waals surface area contributed by atoms with Crippen LogP contribution in [0.3, 0.4) is 0 Å². The van der Waals surface area contributed by atoms with Gasteiger partial charge >= 0.3 is 6.18 Å². The molecule has 1 fully saturated rings. The first-order valence-corrected chi connectivity index (χ1v) is 4.35. The van der Waals surface area contributed by atoms with Crippen LogP contribution in [0.2, 0.25) is 0 Å². The summed E-state index contributed by atoms with van der Waals surface area (Å²) in [5, 5.41) is 5.70. The molecule has 1 aliphatic heterocycles. The molecule has 1 N–H and O–H groups in total. The molecule has 1 saturated carbocycles. The summed E-state index contributed by atoms with van der Waals surface area (Å²) in [6.07, 6.45) is -3.52. The second kappa shape index (κ2) is 2.24. The van der Waals surface area contributed by atoms with Gasteiger partial charge in [-0.1, -0.05) is 0 Å². The van der Waals surface area contributed by atoms with Crippen molar-refractivity contribution < 1.29 is 17.9 Å². The van der Waals surface area contributed by atoms with Crippen LogP contribution in [0.25, 0.3) is 0 Å². The Hall–Kier alpha value is -1.20. The molecule has 1 aromatic heterocycles. The summed E-state index contributed by atoms with van der Waals surface area (Å²) in [7, 11) is 0. The monoisotopic (exact) mass is 204 g/mol. The van der Waals surface area contributed by atoms with E-state index in [1.54, 1.807) is 0 Å². The van der Waals surface area contributed by atoms with Gasteiger partial charge in [0.15, 0.2) is 5.75 Å². The fourth-order valence-electron chi connectivity index (χ4n) is 1.91. The van der Waals surface area contributed by atoms with Gasteiger partial charge in [-0.3, -0.25) is 5.10 Å². The molecule has 0 bridgehead atoms. The van der Waals surface area contributed by atoms with Crippen molar-refractivity contribution in [2.45, 2.75) is 18.5 Å². The van der Waals surface area contributed by atoms with Crippen LogP contribution >= 0.6 is 0 Å². The number of nitrogens with zero attached hydrogens (tertiary/aromatic N) is 1. The molecule has 2 aliphatic rings. The second-order valence-electron chi connectivity index (χ2n) is 3.73. The number of aromatic nitrogens is 2. The van der Waals surface area contributed by atoms with E-state index >= 15 is 0 Å². The van der Waals surface area contributed by atoms with Crippen LogP contribution in [0, 0.1) is 5.92 Å². The lowest BCUT2D eigenvalue weighted by Gasteiger charge is -2.13. The fraction of sp³-hybridized carbons (Fsp3) is 0.625. The standard InChI is InChI=1S/C8H7F3N2O/c9-8(10,11)7-6-5(12-13-7)4-1-3(4)2-14-6/h3-4H,1-2H2,(H,12,13)/t3-,4-/m1/s1. The smallest absolute Gasteiger partial charge is 0.438 e. The largest absolute Gasteiger partial charge is 0.489 e. The zero-order valence-electron chi connectivity index (χ0n) is 7.06. The number of hydrogen-bond acceptors (Lipinski definition) is 2. The number of halogens is 3. The number of H-pyrrole nitrogens is 1. The van der Waals surface area contributed by atoms with Gasteiger partial charge in [-0.05, 0) is 6.42 Å². The Morgan fingerprint density at radius 2 is 2.21 bits per heavy atom. The molecular weight excluding hydrogens is 197 g/mol. The quantitative estimate of drug-likeness (QED) is 0.701. The summed E-state index contributed by atoms with van der Waals surface area (Å²) >= 11 is 0. The maximum atomic E-state index is 12.4. The van der Waals surface area contributed by atoms with Crippen molar-refractivity contribution in [1.29, 1.82) is 0 Å². The number of aromatic amines is 1. The van der Waals surface area contributed by atoms with Crippen LogP contribution in [0.5, 0.6) is 5.75 Å². The van der Waals surface area contributed by atoms with Crippen LogP contribution in [0.15, 0.2) is 0 Å². The highest BCUT2D eigenvalue weighted by molar-refractivity contribution is 5.41. The van der Waals surface area contributed by atoms with E-state index in [-0.39, 0.29) is 11.7 Å². The molecule has 0 spiro atoms. The van der Waals surface area contributed by atoms with Gasteiger partial charge in [-0.15, -0.1) is 0 Å². The summed E-state index contributed by atoms with van der Waals surface area (Å²) in [5.74, 6) is 0.516. The molecule has 0 unspecified atom stereocenters. The Morgan fingerprint density at radius 3 is 2.93 bits per heavy atom. The van der Waals surface area contributed by atoms with Crippen molar-refractivity contribution >= 4 is 0 Å². The molecule has 0 radical (unpaired) electrons. The van der Waals surface area contributed by atoms with Gasteiger partial charge in [-0.2, -0.15) is 18.3 Å². The number of alkyl halides is 3. The van der Waals surface area contributed by atoms with E-state index in [0.29, 0.717) is 18.2 Å². The molecule has 3 rings (SSSR count). The minimum absolute atomic E-state index is 0.0868. The molecule has 2 atom stereocenters. The first-order valence-electron chi connectivity index (χ1n) is 4.35. The number of fused-ring (bicyclic) bond motifs is 3. The van der Waals surface area contributed by atoms with Gasteiger partial charge in [0.1, 0.15) is 0 Å². The Bertz CT molecular complexity index is 384. The van der Waals surface area contributed by atoms with Crippen molar-refractivity contribution in [2.75, 3.05) is 6.61 Å². The molecule has 0 aromatic carbocycles. The second-order valence-corrected chi connectivity index (χ2v) is 3.73. The Balaban J connectivity index is 2.08. The number of nitrogens with one attached hydrogen (secondary N) is 1. The van der Waals surface area contributed by atoms with Gasteiger partial charge in [-0.25, -0.2) is 0 Å². The average Bonchev–Trinajstić information content (AvgIpc) is 2.74. The van der Waals surface area contributed by atoms with E-state index in [9.17, 15) is 13.2 Å². The van der Waals surface area contributed by atoms with E-state index in [1.807, 2.05) is 0 Å². The van der Waals surface area contributed by atoms with Crippen LogP contribution in [-0.2, 0) is 6.18 Å². The summed E-state index contributed by atoms with van der Waals surface area (Å²) in [5.41, 5.74) is -0.397.